The third-order valence-electron chi connectivity index (χ3n) is 1.56. The summed E-state index contributed by atoms with van der Waals surface area (Å²) >= 11 is 5.01. The molecular weight excluding hydrogens is 254 g/mol. The van der Waals surface area contributed by atoms with Crippen molar-refractivity contribution in [2.75, 3.05) is 19.8 Å². The molecule has 3 nitrogen and oxygen atoms in total. The lowest BCUT2D eigenvalue weighted by Gasteiger charge is -2.13. The molecule has 3 N–H and O–H groups in total. The molecule has 5 heteroatoms. The molecule has 0 saturated heterocycles. The Hall–Kier alpha value is 0.0600. The summed E-state index contributed by atoms with van der Waals surface area (Å²) in [7, 11) is 0. The van der Waals surface area contributed by atoms with Crippen molar-refractivity contribution in [3.05, 3.63) is 20.8 Å². The Bertz CT molecular complexity index is 254. The maximum absolute atomic E-state index is 8.60. The van der Waals surface area contributed by atoms with Gasteiger partial charge >= 0.3 is 0 Å². The van der Waals surface area contributed by atoms with E-state index in [4.69, 9.17) is 15.6 Å². The van der Waals surface area contributed by atoms with Crippen LogP contribution < -0.4 is 5.73 Å². The van der Waals surface area contributed by atoms with E-state index >= 15 is 0 Å². The highest BCUT2D eigenvalue weighted by atomic mass is 79.9. The van der Waals surface area contributed by atoms with E-state index in [0.717, 1.165) is 9.35 Å². The van der Waals surface area contributed by atoms with E-state index < -0.39 is 0 Å². The second-order valence-corrected chi connectivity index (χ2v) is 4.25. The molecule has 0 bridgehead atoms. The second kappa shape index (κ2) is 5.72. The van der Waals surface area contributed by atoms with Gasteiger partial charge in [0.05, 0.1) is 13.2 Å². The predicted octanol–water partition coefficient (Wildman–Crippen LogP) is 1.52. The van der Waals surface area contributed by atoms with Crippen LogP contribution in [0.4, 0.5) is 0 Å². The van der Waals surface area contributed by atoms with Gasteiger partial charge in [0.1, 0.15) is 6.10 Å². The smallest absolute Gasteiger partial charge is 0.105 e. The lowest BCUT2D eigenvalue weighted by molar-refractivity contribution is 0.0345. The van der Waals surface area contributed by atoms with Gasteiger partial charge in [-0.05, 0) is 27.4 Å². The molecule has 1 heterocycles. The molecule has 0 aliphatic carbocycles. The molecule has 1 atom stereocenters. The molecule has 13 heavy (non-hydrogen) atoms. The fourth-order valence-corrected chi connectivity index (χ4v) is 2.67. The highest BCUT2D eigenvalue weighted by Crippen LogP contribution is 2.30. The van der Waals surface area contributed by atoms with Crippen LogP contribution in [-0.2, 0) is 4.74 Å². The van der Waals surface area contributed by atoms with Crippen molar-refractivity contribution in [2.24, 2.45) is 5.73 Å². The van der Waals surface area contributed by atoms with Crippen LogP contribution in [0.1, 0.15) is 11.0 Å². The van der Waals surface area contributed by atoms with Gasteiger partial charge in [-0.15, -0.1) is 11.3 Å². The number of hydrogen-bond donors (Lipinski definition) is 2. The Morgan fingerprint density at radius 1 is 1.69 bits per heavy atom. The third kappa shape index (κ3) is 3.03. The SMILES string of the molecule is NCC(OCCO)c1sccc1Br. The average molecular weight is 266 g/mol. The van der Waals surface area contributed by atoms with Crippen LogP contribution in [0.3, 0.4) is 0 Å². The minimum atomic E-state index is -0.110. The van der Waals surface area contributed by atoms with Crippen molar-refractivity contribution in [2.45, 2.75) is 6.10 Å². The Morgan fingerprint density at radius 2 is 2.46 bits per heavy atom. The number of rotatable bonds is 5. The van der Waals surface area contributed by atoms with Gasteiger partial charge in [0.15, 0.2) is 0 Å². The zero-order chi connectivity index (χ0) is 9.68. The first kappa shape index (κ1) is 11.1. The van der Waals surface area contributed by atoms with Crippen LogP contribution >= 0.6 is 27.3 Å². The van der Waals surface area contributed by atoms with Crippen molar-refractivity contribution in [3.8, 4) is 0 Å². The normalized spacial score (nSPS) is 13.2. The first-order chi connectivity index (χ1) is 6.29. The predicted molar refractivity (Wildman–Crippen MR) is 56.9 cm³/mol. The summed E-state index contributed by atoms with van der Waals surface area (Å²) in [5, 5.41) is 10.6. The number of nitrogens with two attached hydrogens (primary N) is 1. The second-order valence-electron chi connectivity index (χ2n) is 2.45. The standard InChI is InChI=1S/C8H12BrNO2S/c9-6-1-4-13-8(6)7(5-10)12-3-2-11/h1,4,7,11H,2-3,5,10H2. The fraction of sp³-hybridized carbons (Fsp3) is 0.500. The summed E-state index contributed by atoms with van der Waals surface area (Å²) in [5.74, 6) is 0. The van der Waals surface area contributed by atoms with Crippen molar-refractivity contribution < 1.29 is 9.84 Å². The van der Waals surface area contributed by atoms with Crippen LogP contribution in [0, 0.1) is 0 Å². The van der Waals surface area contributed by atoms with Gasteiger partial charge in [0.2, 0.25) is 0 Å². The Kier molecular flexibility index (Phi) is 4.90. The highest BCUT2D eigenvalue weighted by molar-refractivity contribution is 9.10. The van der Waals surface area contributed by atoms with E-state index in [1.54, 1.807) is 11.3 Å². The van der Waals surface area contributed by atoms with Crippen molar-refractivity contribution in [1.29, 1.82) is 0 Å². The Morgan fingerprint density at radius 3 is 2.92 bits per heavy atom. The van der Waals surface area contributed by atoms with Crippen molar-refractivity contribution in [3.63, 3.8) is 0 Å². The molecule has 1 unspecified atom stereocenters. The van der Waals surface area contributed by atoms with E-state index in [1.165, 1.54) is 0 Å². The van der Waals surface area contributed by atoms with Crippen LogP contribution in [0.5, 0.6) is 0 Å². The lowest BCUT2D eigenvalue weighted by Crippen LogP contribution is -2.16. The van der Waals surface area contributed by atoms with Crippen molar-refractivity contribution in [1.82, 2.24) is 0 Å². The average Bonchev–Trinajstić information content (AvgIpc) is 2.54. The van der Waals surface area contributed by atoms with E-state index in [2.05, 4.69) is 15.9 Å². The monoisotopic (exact) mass is 265 g/mol. The quantitative estimate of drug-likeness (QED) is 0.849. The summed E-state index contributed by atoms with van der Waals surface area (Å²) < 4.78 is 6.39. The van der Waals surface area contributed by atoms with Gasteiger partial charge in [-0.25, -0.2) is 0 Å². The first-order valence-corrected chi connectivity index (χ1v) is 5.62. The molecule has 0 aliphatic rings. The number of ether oxygens (including phenoxy) is 1. The van der Waals surface area contributed by atoms with Crippen LogP contribution in [0.15, 0.2) is 15.9 Å². The largest absolute Gasteiger partial charge is 0.394 e. The highest BCUT2D eigenvalue weighted by Gasteiger charge is 2.14. The zero-order valence-corrected chi connectivity index (χ0v) is 9.47. The molecule has 0 fully saturated rings. The molecule has 0 saturated carbocycles. The summed E-state index contributed by atoms with van der Waals surface area (Å²) in [6.07, 6.45) is -0.110. The minimum Gasteiger partial charge on any atom is -0.394 e. The summed E-state index contributed by atoms with van der Waals surface area (Å²) in [6.45, 7) is 0.783. The number of aliphatic hydroxyl groups is 1. The zero-order valence-electron chi connectivity index (χ0n) is 7.07. The maximum Gasteiger partial charge on any atom is 0.105 e. The molecule has 0 aromatic carbocycles. The number of halogens is 1. The molecule has 74 valence electrons. The third-order valence-corrected chi connectivity index (χ3v) is 3.52. The molecular formula is C8H12BrNO2S. The molecule has 1 aromatic rings. The van der Waals surface area contributed by atoms with E-state index in [-0.39, 0.29) is 12.7 Å². The van der Waals surface area contributed by atoms with Gasteiger partial charge in [-0.2, -0.15) is 0 Å². The number of hydrogen-bond acceptors (Lipinski definition) is 4. The van der Waals surface area contributed by atoms with E-state index in [0.29, 0.717) is 13.2 Å². The summed E-state index contributed by atoms with van der Waals surface area (Å²) in [6, 6.07) is 1.96. The van der Waals surface area contributed by atoms with Gasteiger partial charge in [0.25, 0.3) is 0 Å². The number of aliphatic hydroxyl groups excluding tert-OH is 1. The lowest BCUT2D eigenvalue weighted by atomic mass is 10.3. The Balaban J connectivity index is 2.61. The van der Waals surface area contributed by atoms with Crippen LogP contribution in [0.25, 0.3) is 0 Å². The molecule has 0 spiro atoms. The first-order valence-electron chi connectivity index (χ1n) is 3.95. The van der Waals surface area contributed by atoms with Crippen LogP contribution in [0.2, 0.25) is 0 Å². The topological polar surface area (TPSA) is 55.5 Å². The minimum absolute atomic E-state index is 0.0273. The number of thiophene rings is 1. The molecule has 1 rings (SSSR count). The van der Waals surface area contributed by atoms with Gasteiger partial charge in [-0.3, -0.25) is 0 Å². The maximum atomic E-state index is 8.60. The molecule has 1 aromatic heterocycles. The van der Waals surface area contributed by atoms with E-state index in [9.17, 15) is 0 Å². The van der Waals surface area contributed by atoms with E-state index in [1.807, 2.05) is 11.4 Å². The summed E-state index contributed by atoms with van der Waals surface area (Å²) in [4.78, 5) is 1.08. The van der Waals surface area contributed by atoms with Gasteiger partial charge in [-0.1, -0.05) is 0 Å². The van der Waals surface area contributed by atoms with Crippen LogP contribution in [-0.4, -0.2) is 24.9 Å². The molecule has 0 radical (unpaired) electrons. The Labute approximate surface area is 89.6 Å². The van der Waals surface area contributed by atoms with Gasteiger partial charge in [0, 0.05) is 15.9 Å². The molecule has 0 amide bonds. The fourth-order valence-electron chi connectivity index (χ4n) is 0.981. The van der Waals surface area contributed by atoms with Gasteiger partial charge < -0.3 is 15.6 Å². The molecule has 0 aliphatic heterocycles. The summed E-state index contributed by atoms with van der Waals surface area (Å²) in [5.41, 5.74) is 5.55. The van der Waals surface area contributed by atoms with Crippen molar-refractivity contribution >= 4 is 27.3 Å².